The number of carbonyl (C=O) groups excluding carboxylic acids is 1. The minimum atomic E-state index is -0.341. The minimum Gasteiger partial charge on any atom is -0.488 e. The van der Waals surface area contributed by atoms with Gasteiger partial charge < -0.3 is 14.7 Å². The lowest BCUT2D eigenvalue weighted by molar-refractivity contribution is -0.133. The molecule has 4 heteroatoms. The van der Waals surface area contributed by atoms with Crippen molar-refractivity contribution < 1.29 is 14.6 Å². The van der Waals surface area contributed by atoms with Crippen LogP contribution in [-0.4, -0.2) is 41.7 Å². The van der Waals surface area contributed by atoms with Crippen LogP contribution < -0.4 is 0 Å². The van der Waals surface area contributed by atoms with Crippen molar-refractivity contribution in [3.8, 4) is 0 Å². The van der Waals surface area contributed by atoms with E-state index in [0.29, 0.717) is 18.9 Å². The van der Waals surface area contributed by atoms with E-state index in [9.17, 15) is 9.90 Å². The summed E-state index contributed by atoms with van der Waals surface area (Å²) in [5.74, 6) is 0.703. The van der Waals surface area contributed by atoms with Gasteiger partial charge in [0.1, 0.15) is 0 Å². The Morgan fingerprint density at radius 1 is 1.59 bits per heavy atom. The number of allylic oxidation sites excluding steroid dienone is 1. The van der Waals surface area contributed by atoms with Crippen LogP contribution in [0.5, 0.6) is 0 Å². The third-order valence-electron chi connectivity index (χ3n) is 3.57. The highest BCUT2D eigenvalue weighted by atomic mass is 16.5. The molecule has 0 saturated carbocycles. The lowest BCUT2D eigenvalue weighted by Crippen LogP contribution is -2.44. The number of rotatable bonds is 2. The highest BCUT2D eigenvalue weighted by molar-refractivity contribution is 5.91. The van der Waals surface area contributed by atoms with E-state index in [-0.39, 0.29) is 17.9 Å². The van der Waals surface area contributed by atoms with Crippen molar-refractivity contribution in [3.05, 3.63) is 11.8 Å². The Morgan fingerprint density at radius 2 is 2.41 bits per heavy atom. The Labute approximate surface area is 102 Å². The van der Waals surface area contributed by atoms with Gasteiger partial charge in [-0.3, -0.25) is 4.79 Å². The second kappa shape index (κ2) is 5.54. The third-order valence-corrected chi connectivity index (χ3v) is 3.57. The number of carbonyl (C=O) groups is 1. The van der Waals surface area contributed by atoms with Crippen LogP contribution in [0, 0.1) is 5.92 Å². The molecule has 96 valence electrons. The highest BCUT2D eigenvalue weighted by Crippen LogP contribution is 2.22. The molecule has 2 aliphatic rings. The molecule has 1 fully saturated rings. The Balaban J connectivity index is 1.97. The summed E-state index contributed by atoms with van der Waals surface area (Å²) in [5.41, 5.74) is 0. The summed E-state index contributed by atoms with van der Waals surface area (Å²) in [5, 5.41) is 9.60. The molecule has 1 saturated heterocycles. The van der Waals surface area contributed by atoms with Crippen molar-refractivity contribution in [3.63, 3.8) is 0 Å². The zero-order valence-corrected chi connectivity index (χ0v) is 10.4. The third kappa shape index (κ3) is 3.00. The largest absolute Gasteiger partial charge is 0.488 e. The number of hydrogen-bond donors (Lipinski definition) is 1. The van der Waals surface area contributed by atoms with Crippen LogP contribution in [0.15, 0.2) is 11.8 Å². The number of amides is 1. The molecule has 2 rings (SSSR count). The summed E-state index contributed by atoms with van der Waals surface area (Å²) in [7, 11) is 0. The summed E-state index contributed by atoms with van der Waals surface area (Å²) in [4.78, 5) is 14.0. The lowest BCUT2D eigenvalue weighted by Gasteiger charge is -2.34. The van der Waals surface area contributed by atoms with Crippen molar-refractivity contribution in [2.45, 2.75) is 38.7 Å². The SMILES string of the molecule is CC(O)C1CCCN(C(=O)C2=CCCCO2)C1. The molecule has 2 unspecified atom stereocenters. The zero-order chi connectivity index (χ0) is 12.3. The molecule has 0 bridgehead atoms. The molecule has 17 heavy (non-hydrogen) atoms. The highest BCUT2D eigenvalue weighted by Gasteiger charge is 2.29. The summed E-state index contributed by atoms with van der Waals surface area (Å²) in [6.45, 7) is 3.88. The summed E-state index contributed by atoms with van der Waals surface area (Å²) < 4.78 is 5.40. The standard InChI is InChI=1S/C13H21NO3/c1-10(15)11-5-4-7-14(9-11)13(16)12-6-2-3-8-17-12/h6,10-11,15H,2-5,7-9H2,1H3. The van der Waals surface area contributed by atoms with E-state index in [2.05, 4.69) is 0 Å². The molecule has 0 aromatic heterocycles. The van der Waals surface area contributed by atoms with Gasteiger partial charge in [-0.15, -0.1) is 0 Å². The molecule has 2 heterocycles. The van der Waals surface area contributed by atoms with Crippen molar-refractivity contribution in [2.24, 2.45) is 5.92 Å². The molecule has 2 aliphatic heterocycles. The normalized spacial score (nSPS) is 27.1. The minimum absolute atomic E-state index is 0.00458. The predicted molar refractivity (Wildman–Crippen MR) is 64.3 cm³/mol. The predicted octanol–water partition coefficient (Wildman–Crippen LogP) is 1.30. The Morgan fingerprint density at radius 3 is 3.06 bits per heavy atom. The van der Waals surface area contributed by atoms with Crippen LogP contribution in [0.25, 0.3) is 0 Å². The number of aliphatic hydroxyl groups excluding tert-OH is 1. The molecule has 0 spiro atoms. The zero-order valence-electron chi connectivity index (χ0n) is 10.4. The molecule has 2 atom stereocenters. The Bertz CT molecular complexity index is 312. The van der Waals surface area contributed by atoms with E-state index in [1.807, 2.05) is 11.0 Å². The first-order valence-corrected chi connectivity index (χ1v) is 6.49. The second-order valence-corrected chi connectivity index (χ2v) is 4.95. The fourth-order valence-corrected chi connectivity index (χ4v) is 2.45. The van der Waals surface area contributed by atoms with Crippen LogP contribution in [-0.2, 0) is 9.53 Å². The topological polar surface area (TPSA) is 49.8 Å². The van der Waals surface area contributed by atoms with Crippen LogP contribution in [0.4, 0.5) is 0 Å². The first-order valence-electron chi connectivity index (χ1n) is 6.49. The Hall–Kier alpha value is -1.03. The van der Waals surface area contributed by atoms with Gasteiger partial charge in [-0.25, -0.2) is 0 Å². The number of ether oxygens (including phenoxy) is 1. The van der Waals surface area contributed by atoms with Gasteiger partial charge in [0.2, 0.25) is 0 Å². The van der Waals surface area contributed by atoms with Crippen LogP contribution in [0.2, 0.25) is 0 Å². The molecule has 0 radical (unpaired) electrons. The molecular formula is C13H21NO3. The van der Waals surface area contributed by atoms with E-state index in [1.165, 1.54) is 0 Å². The fraction of sp³-hybridized carbons (Fsp3) is 0.769. The number of aliphatic hydroxyl groups is 1. The number of piperidine rings is 1. The smallest absolute Gasteiger partial charge is 0.288 e. The van der Waals surface area contributed by atoms with Crippen LogP contribution >= 0.6 is 0 Å². The van der Waals surface area contributed by atoms with Crippen molar-refractivity contribution in [1.82, 2.24) is 4.90 Å². The number of nitrogens with zero attached hydrogens (tertiary/aromatic N) is 1. The fourth-order valence-electron chi connectivity index (χ4n) is 2.45. The van der Waals surface area contributed by atoms with Gasteiger partial charge in [0.25, 0.3) is 5.91 Å². The molecule has 1 amide bonds. The average molecular weight is 239 g/mol. The van der Waals surface area contributed by atoms with Crippen molar-refractivity contribution >= 4 is 5.91 Å². The van der Waals surface area contributed by atoms with Crippen molar-refractivity contribution in [1.29, 1.82) is 0 Å². The average Bonchev–Trinajstić information content (AvgIpc) is 2.39. The van der Waals surface area contributed by atoms with E-state index in [4.69, 9.17) is 4.74 Å². The maximum Gasteiger partial charge on any atom is 0.288 e. The van der Waals surface area contributed by atoms with Crippen LogP contribution in [0.3, 0.4) is 0 Å². The molecule has 0 aromatic carbocycles. The number of likely N-dealkylation sites (tertiary alicyclic amines) is 1. The van der Waals surface area contributed by atoms with E-state index in [1.54, 1.807) is 6.92 Å². The lowest BCUT2D eigenvalue weighted by atomic mass is 9.93. The second-order valence-electron chi connectivity index (χ2n) is 4.95. The van der Waals surface area contributed by atoms with Gasteiger partial charge in [-0.2, -0.15) is 0 Å². The van der Waals surface area contributed by atoms with E-state index >= 15 is 0 Å². The van der Waals surface area contributed by atoms with Crippen LogP contribution in [0.1, 0.15) is 32.6 Å². The first kappa shape index (κ1) is 12.4. The quantitative estimate of drug-likeness (QED) is 0.790. The molecule has 0 aromatic rings. The van der Waals surface area contributed by atoms with Gasteiger partial charge in [0.05, 0.1) is 12.7 Å². The van der Waals surface area contributed by atoms with Gasteiger partial charge in [-0.1, -0.05) is 0 Å². The van der Waals surface area contributed by atoms with Gasteiger partial charge >= 0.3 is 0 Å². The first-order chi connectivity index (χ1) is 8.18. The Kier molecular flexibility index (Phi) is 4.05. The van der Waals surface area contributed by atoms with E-state index < -0.39 is 0 Å². The van der Waals surface area contributed by atoms with E-state index in [0.717, 1.165) is 32.2 Å². The molecule has 0 aliphatic carbocycles. The molecule has 4 nitrogen and oxygen atoms in total. The van der Waals surface area contributed by atoms with Gasteiger partial charge in [0.15, 0.2) is 5.76 Å². The summed E-state index contributed by atoms with van der Waals surface area (Å²) in [6.07, 6.45) is 5.43. The maximum absolute atomic E-state index is 12.2. The van der Waals surface area contributed by atoms with Crippen molar-refractivity contribution in [2.75, 3.05) is 19.7 Å². The van der Waals surface area contributed by atoms with Gasteiger partial charge in [-0.05, 0) is 38.7 Å². The summed E-state index contributed by atoms with van der Waals surface area (Å²) in [6, 6.07) is 0. The summed E-state index contributed by atoms with van der Waals surface area (Å²) >= 11 is 0. The molecule has 1 N–H and O–H groups in total. The number of hydrogen-bond acceptors (Lipinski definition) is 3. The van der Waals surface area contributed by atoms with Gasteiger partial charge in [0, 0.05) is 19.0 Å². The molecular weight excluding hydrogens is 218 g/mol. The monoisotopic (exact) mass is 239 g/mol. The maximum atomic E-state index is 12.2.